The van der Waals surface area contributed by atoms with Crippen LogP contribution in [0.25, 0.3) is 0 Å². The van der Waals surface area contributed by atoms with E-state index in [0.29, 0.717) is 17.8 Å². The van der Waals surface area contributed by atoms with Crippen molar-refractivity contribution in [3.05, 3.63) is 0 Å². The molecular weight excluding hydrogens is 148 g/mol. The van der Waals surface area contributed by atoms with Gasteiger partial charge in [0.05, 0.1) is 5.60 Å². The van der Waals surface area contributed by atoms with Crippen molar-refractivity contribution >= 4 is 0 Å². The summed E-state index contributed by atoms with van der Waals surface area (Å²) in [5.41, 5.74) is -0.496. The van der Waals surface area contributed by atoms with E-state index in [4.69, 9.17) is 0 Å². The average molecular weight is 172 g/mol. The van der Waals surface area contributed by atoms with Crippen LogP contribution in [0.15, 0.2) is 0 Å². The van der Waals surface area contributed by atoms with Crippen molar-refractivity contribution in [2.24, 2.45) is 17.8 Å². The maximum Gasteiger partial charge on any atom is 0.0645 e. The number of rotatable bonds is 4. The van der Waals surface area contributed by atoms with Gasteiger partial charge < -0.3 is 5.11 Å². The molecule has 0 rings (SSSR count). The second-order valence-electron chi connectivity index (χ2n) is 4.60. The van der Waals surface area contributed by atoms with Gasteiger partial charge in [-0.15, -0.1) is 0 Å². The smallest absolute Gasteiger partial charge is 0.0645 e. The highest BCUT2D eigenvalue weighted by atomic mass is 16.3. The Labute approximate surface area is 77.2 Å². The molecule has 0 spiro atoms. The molecule has 0 bridgehead atoms. The molecule has 0 saturated carbocycles. The third-order valence-corrected chi connectivity index (χ3v) is 3.54. The van der Waals surface area contributed by atoms with Gasteiger partial charge in [0.15, 0.2) is 0 Å². The molecule has 0 fully saturated rings. The van der Waals surface area contributed by atoms with Crippen LogP contribution in [0, 0.1) is 17.8 Å². The summed E-state index contributed by atoms with van der Waals surface area (Å²) in [6.07, 6.45) is 0.839. The largest absolute Gasteiger partial charge is 0.390 e. The summed E-state index contributed by atoms with van der Waals surface area (Å²) < 4.78 is 0. The fraction of sp³-hybridized carbons (Fsp3) is 1.00. The topological polar surface area (TPSA) is 20.2 Å². The Morgan fingerprint density at radius 2 is 1.58 bits per heavy atom. The van der Waals surface area contributed by atoms with Gasteiger partial charge in [0.2, 0.25) is 0 Å². The second kappa shape index (κ2) is 4.27. The third-order valence-electron chi connectivity index (χ3n) is 3.54. The van der Waals surface area contributed by atoms with Gasteiger partial charge >= 0.3 is 0 Å². The highest BCUT2D eigenvalue weighted by Gasteiger charge is 2.31. The molecule has 0 saturated heterocycles. The normalized spacial score (nSPS) is 22.0. The molecule has 0 aliphatic carbocycles. The van der Waals surface area contributed by atoms with Crippen molar-refractivity contribution < 1.29 is 5.11 Å². The standard InChI is InChI=1S/C11H24O/c1-7-11(6,12)10(5)9(4)8(2)3/h8-10,12H,7H2,1-6H3. The molecule has 0 aliphatic rings. The predicted octanol–water partition coefficient (Wildman–Crippen LogP) is 3.08. The van der Waals surface area contributed by atoms with Crippen LogP contribution in [-0.4, -0.2) is 10.7 Å². The lowest BCUT2D eigenvalue weighted by molar-refractivity contribution is -0.0269. The Hall–Kier alpha value is -0.0400. The van der Waals surface area contributed by atoms with Crippen LogP contribution in [0.1, 0.15) is 48.0 Å². The van der Waals surface area contributed by atoms with Crippen molar-refractivity contribution in [2.75, 3.05) is 0 Å². The first-order chi connectivity index (χ1) is 5.33. The number of aliphatic hydroxyl groups is 1. The van der Waals surface area contributed by atoms with Crippen molar-refractivity contribution in [3.63, 3.8) is 0 Å². The van der Waals surface area contributed by atoms with E-state index in [1.807, 2.05) is 13.8 Å². The summed E-state index contributed by atoms with van der Waals surface area (Å²) in [6.45, 7) is 12.8. The number of hydrogen-bond acceptors (Lipinski definition) is 1. The van der Waals surface area contributed by atoms with E-state index in [2.05, 4.69) is 27.7 Å². The van der Waals surface area contributed by atoms with E-state index in [1.165, 1.54) is 0 Å². The summed E-state index contributed by atoms with van der Waals surface area (Å²) >= 11 is 0. The van der Waals surface area contributed by atoms with Gasteiger partial charge in [0.25, 0.3) is 0 Å². The third kappa shape index (κ3) is 2.78. The number of hydrogen-bond donors (Lipinski definition) is 1. The van der Waals surface area contributed by atoms with Crippen LogP contribution in [0.3, 0.4) is 0 Å². The second-order valence-corrected chi connectivity index (χ2v) is 4.60. The Morgan fingerprint density at radius 3 is 1.83 bits per heavy atom. The zero-order chi connectivity index (χ0) is 9.94. The molecule has 1 N–H and O–H groups in total. The maximum absolute atomic E-state index is 10.0. The van der Waals surface area contributed by atoms with Crippen LogP contribution >= 0.6 is 0 Å². The average Bonchev–Trinajstić information content (AvgIpc) is 2.01. The molecule has 12 heavy (non-hydrogen) atoms. The first-order valence-corrected chi connectivity index (χ1v) is 5.05. The van der Waals surface area contributed by atoms with Crippen molar-refractivity contribution in [2.45, 2.75) is 53.6 Å². The van der Waals surface area contributed by atoms with Gasteiger partial charge in [-0.25, -0.2) is 0 Å². The van der Waals surface area contributed by atoms with Gasteiger partial charge in [-0.05, 0) is 31.1 Å². The lowest BCUT2D eigenvalue weighted by Gasteiger charge is -2.35. The van der Waals surface area contributed by atoms with E-state index in [-0.39, 0.29) is 0 Å². The molecule has 74 valence electrons. The van der Waals surface area contributed by atoms with Gasteiger partial charge in [-0.2, -0.15) is 0 Å². The molecular formula is C11H24O. The summed E-state index contributed by atoms with van der Waals surface area (Å²) in [5.74, 6) is 1.61. The lowest BCUT2D eigenvalue weighted by Crippen LogP contribution is -2.37. The van der Waals surface area contributed by atoms with Gasteiger partial charge in [0.1, 0.15) is 0 Å². The van der Waals surface area contributed by atoms with Crippen molar-refractivity contribution in [1.82, 2.24) is 0 Å². The Balaban J connectivity index is 4.27. The van der Waals surface area contributed by atoms with Crippen molar-refractivity contribution in [3.8, 4) is 0 Å². The summed E-state index contributed by atoms with van der Waals surface area (Å²) in [4.78, 5) is 0. The Kier molecular flexibility index (Phi) is 4.25. The first kappa shape index (κ1) is 12.0. The van der Waals surface area contributed by atoms with Crippen molar-refractivity contribution in [1.29, 1.82) is 0 Å². The van der Waals surface area contributed by atoms with Crippen LogP contribution in [0.2, 0.25) is 0 Å². The molecule has 0 radical (unpaired) electrons. The van der Waals surface area contributed by atoms with E-state index in [0.717, 1.165) is 6.42 Å². The fourth-order valence-electron chi connectivity index (χ4n) is 1.47. The van der Waals surface area contributed by atoms with E-state index in [1.54, 1.807) is 0 Å². The molecule has 1 nitrogen and oxygen atoms in total. The highest BCUT2D eigenvalue weighted by molar-refractivity contribution is 4.82. The zero-order valence-corrected chi connectivity index (χ0v) is 9.39. The molecule has 0 amide bonds. The molecule has 0 aromatic heterocycles. The van der Waals surface area contributed by atoms with Gasteiger partial charge in [-0.1, -0.05) is 34.6 Å². The molecule has 1 heteroatoms. The van der Waals surface area contributed by atoms with E-state index in [9.17, 15) is 5.11 Å². The minimum absolute atomic E-state index is 0.377. The Bertz CT molecular complexity index is 127. The molecule has 0 aromatic rings. The highest BCUT2D eigenvalue weighted by Crippen LogP contribution is 2.31. The monoisotopic (exact) mass is 172 g/mol. The summed E-state index contributed by atoms with van der Waals surface area (Å²) in [5, 5.41) is 10.0. The van der Waals surface area contributed by atoms with Crippen LogP contribution in [-0.2, 0) is 0 Å². The molecule has 0 heterocycles. The van der Waals surface area contributed by atoms with E-state index >= 15 is 0 Å². The summed E-state index contributed by atoms with van der Waals surface area (Å²) in [7, 11) is 0. The molecule has 0 aromatic carbocycles. The minimum atomic E-state index is -0.496. The SMILES string of the molecule is CCC(C)(O)C(C)C(C)C(C)C. The zero-order valence-electron chi connectivity index (χ0n) is 9.39. The van der Waals surface area contributed by atoms with Gasteiger partial charge in [-0.3, -0.25) is 0 Å². The predicted molar refractivity (Wildman–Crippen MR) is 54.1 cm³/mol. The molecule has 3 atom stereocenters. The minimum Gasteiger partial charge on any atom is -0.390 e. The van der Waals surface area contributed by atoms with Crippen LogP contribution in [0.5, 0.6) is 0 Å². The van der Waals surface area contributed by atoms with Gasteiger partial charge in [0, 0.05) is 0 Å². The van der Waals surface area contributed by atoms with E-state index < -0.39 is 5.60 Å². The Morgan fingerprint density at radius 1 is 1.17 bits per heavy atom. The summed E-state index contributed by atoms with van der Waals surface area (Å²) in [6, 6.07) is 0. The molecule has 3 unspecified atom stereocenters. The molecule has 0 aliphatic heterocycles. The maximum atomic E-state index is 10.0. The quantitative estimate of drug-likeness (QED) is 0.691. The first-order valence-electron chi connectivity index (χ1n) is 5.05. The van der Waals surface area contributed by atoms with Crippen LogP contribution < -0.4 is 0 Å². The fourth-order valence-corrected chi connectivity index (χ4v) is 1.47. The van der Waals surface area contributed by atoms with Crippen LogP contribution in [0.4, 0.5) is 0 Å². The lowest BCUT2D eigenvalue weighted by atomic mass is 9.75.